The highest BCUT2D eigenvalue weighted by molar-refractivity contribution is 6.05. The van der Waals surface area contributed by atoms with E-state index >= 15 is 0 Å². The van der Waals surface area contributed by atoms with Crippen LogP contribution in [0.5, 0.6) is 0 Å². The van der Waals surface area contributed by atoms with E-state index in [1.807, 2.05) is 48.5 Å². The number of nitrogens with two attached hydrogens (primary N) is 1. The highest BCUT2D eigenvalue weighted by atomic mass is 16.3. The van der Waals surface area contributed by atoms with Crippen LogP contribution < -0.4 is 16.6 Å². The molecular formula is C28H28N6O3. The normalized spacial score (nSPS) is 11.7. The molecule has 0 bridgehead atoms. The third kappa shape index (κ3) is 4.52. The van der Waals surface area contributed by atoms with Crippen LogP contribution in [-0.2, 0) is 6.54 Å². The van der Waals surface area contributed by atoms with Crippen molar-refractivity contribution in [1.29, 1.82) is 0 Å². The molecule has 5 rings (SSSR count). The molecule has 2 aromatic heterocycles. The summed E-state index contributed by atoms with van der Waals surface area (Å²) < 4.78 is 3.08. The third-order valence-corrected chi connectivity index (χ3v) is 6.23. The standard InChI is InChI=1S/C28H28N6O3/c1-17-23(27(36)34(20-8-5-4-6-9-20)33(17)16-28(2,3)37)26(35)30-19-14-12-18(13-15-19)21-10-7-11-22-24(21)25(29)32-31-22/h4-15,37H,16H2,1-3H3,(H,30,35)(H3,29,31,32). The van der Waals surface area contributed by atoms with Crippen LogP contribution in [0.25, 0.3) is 27.7 Å². The number of H-pyrrole nitrogens is 1. The molecule has 188 valence electrons. The molecule has 0 aliphatic heterocycles. The first-order valence-corrected chi connectivity index (χ1v) is 11.9. The minimum Gasteiger partial charge on any atom is -0.389 e. The van der Waals surface area contributed by atoms with Crippen LogP contribution in [0.3, 0.4) is 0 Å². The molecule has 5 aromatic rings. The second-order valence-corrected chi connectivity index (χ2v) is 9.65. The molecular weight excluding hydrogens is 468 g/mol. The summed E-state index contributed by atoms with van der Waals surface area (Å²) in [5.74, 6) is -0.0978. The van der Waals surface area contributed by atoms with E-state index < -0.39 is 17.1 Å². The molecule has 2 heterocycles. The molecule has 9 nitrogen and oxygen atoms in total. The number of para-hydroxylation sites is 1. The van der Waals surface area contributed by atoms with E-state index in [9.17, 15) is 14.7 Å². The summed E-state index contributed by atoms with van der Waals surface area (Å²) in [5.41, 5.74) is 8.81. The maximum Gasteiger partial charge on any atom is 0.284 e. The van der Waals surface area contributed by atoms with Crippen LogP contribution in [0.1, 0.15) is 29.9 Å². The van der Waals surface area contributed by atoms with E-state index in [2.05, 4.69) is 15.5 Å². The molecule has 1 amide bonds. The van der Waals surface area contributed by atoms with Crippen LogP contribution >= 0.6 is 0 Å². The lowest BCUT2D eigenvalue weighted by atomic mass is 10.0. The zero-order valence-corrected chi connectivity index (χ0v) is 20.8. The van der Waals surface area contributed by atoms with Crippen molar-refractivity contribution in [3.63, 3.8) is 0 Å². The second kappa shape index (κ2) is 9.11. The Morgan fingerprint density at radius 2 is 1.76 bits per heavy atom. The van der Waals surface area contributed by atoms with Crippen molar-refractivity contribution in [2.24, 2.45) is 0 Å². The average Bonchev–Trinajstić information content (AvgIpc) is 3.35. The van der Waals surface area contributed by atoms with Crippen molar-refractivity contribution in [2.45, 2.75) is 32.9 Å². The van der Waals surface area contributed by atoms with Crippen molar-refractivity contribution in [3.8, 4) is 16.8 Å². The number of hydrogen-bond acceptors (Lipinski definition) is 5. The first kappa shape index (κ1) is 24.1. The molecule has 9 heteroatoms. The zero-order valence-electron chi connectivity index (χ0n) is 20.8. The summed E-state index contributed by atoms with van der Waals surface area (Å²) in [4.78, 5) is 26.8. The van der Waals surface area contributed by atoms with Crippen molar-refractivity contribution in [1.82, 2.24) is 19.6 Å². The third-order valence-electron chi connectivity index (χ3n) is 6.23. The summed E-state index contributed by atoms with van der Waals surface area (Å²) in [6.45, 7) is 5.16. The van der Waals surface area contributed by atoms with Crippen molar-refractivity contribution >= 4 is 28.3 Å². The average molecular weight is 497 g/mol. The number of aromatic nitrogens is 4. The van der Waals surface area contributed by atoms with Crippen molar-refractivity contribution in [3.05, 3.63) is 94.4 Å². The molecule has 0 fully saturated rings. The predicted molar refractivity (Wildman–Crippen MR) is 145 cm³/mol. The quantitative estimate of drug-likeness (QED) is 0.281. The number of nitrogens with zero attached hydrogens (tertiary/aromatic N) is 3. The SMILES string of the molecule is Cc1c(C(=O)Nc2ccc(-c3cccc4[nH]nc(N)c34)cc2)c(=O)n(-c2ccccc2)n1CC(C)(C)O. The highest BCUT2D eigenvalue weighted by Gasteiger charge is 2.27. The van der Waals surface area contributed by atoms with Gasteiger partial charge in [-0.2, -0.15) is 5.10 Å². The summed E-state index contributed by atoms with van der Waals surface area (Å²) in [6, 6.07) is 22.2. The molecule has 0 atom stereocenters. The van der Waals surface area contributed by atoms with E-state index in [-0.39, 0.29) is 12.1 Å². The number of aliphatic hydroxyl groups is 1. The molecule has 0 saturated heterocycles. The van der Waals surface area contributed by atoms with Crippen LogP contribution in [0, 0.1) is 6.92 Å². The van der Waals surface area contributed by atoms with Gasteiger partial charge < -0.3 is 16.2 Å². The lowest BCUT2D eigenvalue weighted by molar-refractivity contribution is 0.0546. The largest absolute Gasteiger partial charge is 0.389 e. The monoisotopic (exact) mass is 496 g/mol. The van der Waals surface area contributed by atoms with E-state index in [4.69, 9.17) is 5.73 Å². The number of nitrogen functional groups attached to an aromatic ring is 1. The Balaban J connectivity index is 1.48. The summed E-state index contributed by atoms with van der Waals surface area (Å²) >= 11 is 0. The first-order valence-electron chi connectivity index (χ1n) is 11.9. The van der Waals surface area contributed by atoms with Crippen LogP contribution in [-0.4, -0.2) is 36.2 Å². The van der Waals surface area contributed by atoms with Crippen molar-refractivity contribution in [2.75, 3.05) is 11.1 Å². The number of hydrogen-bond donors (Lipinski definition) is 4. The summed E-state index contributed by atoms with van der Waals surface area (Å²) in [5, 5.41) is 21.2. The minimum atomic E-state index is -1.10. The lowest BCUT2D eigenvalue weighted by Gasteiger charge is -2.22. The van der Waals surface area contributed by atoms with Gasteiger partial charge in [0, 0.05) is 5.69 Å². The van der Waals surface area contributed by atoms with E-state index in [0.717, 1.165) is 22.0 Å². The molecule has 0 spiro atoms. The fourth-order valence-corrected chi connectivity index (χ4v) is 4.56. The topological polar surface area (TPSA) is 131 Å². The Labute approximate surface area is 213 Å². The fourth-order valence-electron chi connectivity index (χ4n) is 4.56. The van der Waals surface area contributed by atoms with Crippen LogP contribution in [0.4, 0.5) is 11.5 Å². The number of carbonyl (C=O) groups excluding carboxylic acids is 1. The molecule has 5 N–H and O–H groups in total. The zero-order chi connectivity index (χ0) is 26.3. The maximum atomic E-state index is 13.5. The Kier molecular flexibility index (Phi) is 5.93. The Bertz CT molecular complexity index is 1650. The number of carbonyl (C=O) groups is 1. The maximum absolute atomic E-state index is 13.5. The van der Waals surface area contributed by atoms with E-state index in [1.54, 1.807) is 49.7 Å². The molecule has 0 saturated carbocycles. The first-order chi connectivity index (χ1) is 17.6. The van der Waals surface area contributed by atoms with Gasteiger partial charge in [0.15, 0.2) is 5.82 Å². The Morgan fingerprint density at radius 1 is 1.05 bits per heavy atom. The number of fused-ring (bicyclic) bond motifs is 1. The Morgan fingerprint density at radius 3 is 2.43 bits per heavy atom. The molecule has 0 unspecified atom stereocenters. The van der Waals surface area contributed by atoms with Gasteiger partial charge in [0.25, 0.3) is 11.5 Å². The molecule has 3 aromatic carbocycles. The Hall–Kier alpha value is -4.63. The predicted octanol–water partition coefficient (Wildman–Crippen LogP) is 4.10. The summed E-state index contributed by atoms with van der Waals surface area (Å²) in [6.07, 6.45) is 0. The van der Waals surface area contributed by atoms with Gasteiger partial charge in [-0.3, -0.25) is 19.4 Å². The summed E-state index contributed by atoms with van der Waals surface area (Å²) in [7, 11) is 0. The highest BCUT2D eigenvalue weighted by Crippen LogP contribution is 2.31. The number of amides is 1. The second-order valence-electron chi connectivity index (χ2n) is 9.65. The molecule has 37 heavy (non-hydrogen) atoms. The van der Waals surface area contributed by atoms with Crippen LogP contribution in [0.2, 0.25) is 0 Å². The lowest BCUT2D eigenvalue weighted by Crippen LogP contribution is -2.32. The number of benzene rings is 3. The number of rotatable bonds is 6. The number of nitrogens with one attached hydrogen (secondary N) is 2. The van der Waals surface area contributed by atoms with Gasteiger partial charge in [0.05, 0.1) is 34.4 Å². The van der Waals surface area contributed by atoms with Gasteiger partial charge in [-0.15, -0.1) is 0 Å². The number of aromatic amines is 1. The van der Waals surface area contributed by atoms with E-state index in [1.165, 1.54) is 4.68 Å². The van der Waals surface area contributed by atoms with Crippen molar-refractivity contribution < 1.29 is 9.90 Å². The fraction of sp³-hybridized carbons (Fsp3) is 0.179. The van der Waals surface area contributed by atoms with Crippen LogP contribution in [0.15, 0.2) is 77.6 Å². The van der Waals surface area contributed by atoms with E-state index in [0.29, 0.717) is 22.9 Å². The minimum absolute atomic E-state index is 0.0214. The molecule has 0 aliphatic carbocycles. The van der Waals surface area contributed by atoms with Gasteiger partial charge in [-0.05, 0) is 62.2 Å². The smallest absolute Gasteiger partial charge is 0.284 e. The van der Waals surface area contributed by atoms with Gasteiger partial charge in [0.2, 0.25) is 0 Å². The molecule has 0 aliphatic rings. The van der Waals surface area contributed by atoms with Gasteiger partial charge in [-0.1, -0.05) is 42.5 Å². The van der Waals surface area contributed by atoms with Gasteiger partial charge in [0.1, 0.15) is 5.56 Å². The van der Waals surface area contributed by atoms with Gasteiger partial charge in [-0.25, -0.2) is 4.68 Å². The number of anilines is 2. The molecule has 0 radical (unpaired) electrons. The van der Waals surface area contributed by atoms with Gasteiger partial charge >= 0.3 is 0 Å².